The number of ether oxygens (including phenoxy) is 5. The highest BCUT2D eigenvalue weighted by atomic mass is 16.7. The second-order valence-electron chi connectivity index (χ2n) is 17.2. The third-order valence-electron chi connectivity index (χ3n) is 12.6. The van der Waals surface area contributed by atoms with Gasteiger partial charge in [-0.1, -0.05) is 12.1 Å². The van der Waals surface area contributed by atoms with Crippen molar-refractivity contribution in [3.63, 3.8) is 0 Å². The Kier molecular flexibility index (Phi) is 15.1. The van der Waals surface area contributed by atoms with Crippen molar-refractivity contribution in [1.82, 2.24) is 31.1 Å². The lowest BCUT2D eigenvalue weighted by Crippen LogP contribution is -2.52. The van der Waals surface area contributed by atoms with Gasteiger partial charge in [-0.25, -0.2) is 0 Å². The molecular weight excluding hydrogens is 877 g/mol. The summed E-state index contributed by atoms with van der Waals surface area (Å²) in [5.74, 6) is -6.61. The van der Waals surface area contributed by atoms with Crippen molar-refractivity contribution in [3.05, 3.63) is 63.7 Å². The van der Waals surface area contributed by atoms with E-state index in [4.69, 9.17) is 23.7 Å². The Labute approximate surface area is 385 Å². The molecule has 0 aromatic heterocycles. The van der Waals surface area contributed by atoms with E-state index < -0.39 is 106 Å². The van der Waals surface area contributed by atoms with Crippen LogP contribution >= 0.6 is 0 Å². The van der Waals surface area contributed by atoms with Crippen LogP contribution in [0, 0.1) is 5.92 Å². The smallest absolute Gasteiger partial charge is 0.253 e. The van der Waals surface area contributed by atoms with Gasteiger partial charge in [0.1, 0.15) is 35.6 Å². The van der Waals surface area contributed by atoms with Gasteiger partial charge in [-0.2, -0.15) is 0 Å². The van der Waals surface area contributed by atoms with Crippen LogP contribution in [0.2, 0.25) is 0 Å². The predicted molar refractivity (Wildman–Crippen MR) is 233 cm³/mol. The zero-order valence-corrected chi connectivity index (χ0v) is 37.9. The van der Waals surface area contributed by atoms with Crippen molar-refractivity contribution in [3.8, 4) is 17.2 Å². The molecule has 7 rings (SSSR count). The first-order valence-electron chi connectivity index (χ1n) is 22.3. The third kappa shape index (κ3) is 10.3. The first kappa shape index (κ1) is 48.7. The molecule has 0 unspecified atom stereocenters. The van der Waals surface area contributed by atoms with Crippen LogP contribution in [-0.2, 0) is 54.1 Å². The van der Waals surface area contributed by atoms with E-state index in [9.17, 15) is 48.6 Å². The average Bonchev–Trinajstić information content (AvgIpc) is 3.64. The molecule has 21 nitrogen and oxygen atoms in total. The second-order valence-corrected chi connectivity index (χ2v) is 17.2. The minimum Gasteiger partial charge on any atom is -0.507 e. The van der Waals surface area contributed by atoms with E-state index in [2.05, 4.69) is 21.3 Å². The fourth-order valence-corrected chi connectivity index (χ4v) is 9.01. The van der Waals surface area contributed by atoms with Crippen LogP contribution in [0.4, 0.5) is 0 Å². The van der Waals surface area contributed by atoms with Crippen LogP contribution in [0.1, 0.15) is 95.5 Å². The van der Waals surface area contributed by atoms with Crippen LogP contribution in [0.3, 0.4) is 0 Å². The van der Waals surface area contributed by atoms with Crippen LogP contribution < -0.4 is 26.0 Å². The number of carbonyl (C=O) groups is 8. The van der Waals surface area contributed by atoms with Crippen molar-refractivity contribution in [2.45, 2.75) is 95.8 Å². The number of benzene rings is 2. The average molecular weight is 933 g/mol. The largest absolute Gasteiger partial charge is 0.507 e. The number of nitrogens with zero attached hydrogens (tertiary/aromatic N) is 2. The van der Waals surface area contributed by atoms with Crippen molar-refractivity contribution < 1.29 is 72.3 Å². The molecule has 3 heterocycles. The summed E-state index contributed by atoms with van der Waals surface area (Å²) >= 11 is 0. The fourth-order valence-electron chi connectivity index (χ4n) is 9.01. The molecule has 8 atom stereocenters. The first-order chi connectivity index (χ1) is 32.0. The zero-order valence-electron chi connectivity index (χ0n) is 37.9. The molecule has 3 aliphatic heterocycles. The van der Waals surface area contributed by atoms with Crippen molar-refractivity contribution >= 4 is 47.0 Å². The van der Waals surface area contributed by atoms with E-state index in [0.717, 1.165) is 17.1 Å². The number of methoxy groups -OCH3 is 1. The molecule has 0 radical (unpaired) electrons. The van der Waals surface area contributed by atoms with Gasteiger partial charge in [-0.3, -0.25) is 48.6 Å². The Balaban J connectivity index is 1.01. The molecular formula is C46H56N6O15. The molecule has 6 amide bonds. The number of imide groups is 1. The topological polar surface area (TPSA) is 278 Å². The summed E-state index contributed by atoms with van der Waals surface area (Å²) in [6.45, 7) is 6.16. The molecule has 5 aliphatic rings. The maximum atomic E-state index is 14.1. The number of phenolic OH excluding ortho intramolecular Hbond substituents is 2. The van der Waals surface area contributed by atoms with E-state index in [1.54, 1.807) is 0 Å². The Morgan fingerprint density at radius 3 is 2.37 bits per heavy atom. The summed E-state index contributed by atoms with van der Waals surface area (Å²) in [6.07, 6.45) is -0.277. The van der Waals surface area contributed by atoms with Gasteiger partial charge in [0.05, 0.1) is 55.3 Å². The predicted octanol–water partition coefficient (Wildman–Crippen LogP) is 0.257. The number of aromatic hydroxyl groups is 2. The van der Waals surface area contributed by atoms with E-state index >= 15 is 0 Å². The van der Waals surface area contributed by atoms with Gasteiger partial charge in [0.15, 0.2) is 12.1 Å². The van der Waals surface area contributed by atoms with Crippen molar-refractivity contribution in [1.29, 1.82) is 0 Å². The highest BCUT2D eigenvalue weighted by Crippen LogP contribution is 2.51. The zero-order chi connectivity index (χ0) is 48.3. The number of amides is 6. The molecule has 2 saturated heterocycles. The number of nitrogens with one attached hydrogen (secondary N) is 4. The van der Waals surface area contributed by atoms with Gasteiger partial charge in [-0.15, -0.1) is 0 Å². The molecule has 67 heavy (non-hydrogen) atoms. The lowest BCUT2D eigenvalue weighted by Gasteiger charge is -2.40. The standard InChI is InChI=1S/C46H56N6O15/c1-22(49-31(53)13-16-52-33(54)10-11-34(52)55)44(60)50-23(2)46(62)51(4)17-14-48-45(61)25-19-27-37(30(20-25)67-35-12-9-28(24(3)65-35)66-32-21-64-18-15-47-32)43(59)39-38(41(27)57)40(56)26-7-6-8-29(63-5)36(26)42(39)58/h6-8,10-11,22-25,28,30,32,35,47,57,59H,9,12-21H2,1-5H3,(H,48,61)(H,49,53)(H,50,60)/t22-,23-,24-,25+,28-,30-,32+,35-/m0/s1. The number of hydrogen-bond donors (Lipinski definition) is 6. The lowest BCUT2D eigenvalue weighted by atomic mass is 9.74. The third-order valence-corrected chi connectivity index (χ3v) is 12.6. The highest BCUT2D eigenvalue weighted by molar-refractivity contribution is 6.31. The SMILES string of the molecule is COc1cccc2c1C(=O)c1c(O)c3c(c(O)c1C2=O)C[C@@H](C(=O)NCCN(C)C(=O)[C@H](C)NC(=O)[C@H](C)NC(=O)CCN1C(=O)C=CC1=O)C[C@@H]3O[C@H]1CC[C@H](O[C@@H]2COCCN2)[C@H](C)O1. The van der Waals surface area contributed by atoms with E-state index in [1.807, 2.05) is 6.92 Å². The van der Waals surface area contributed by atoms with E-state index in [0.29, 0.717) is 32.6 Å². The molecule has 2 aliphatic carbocycles. The second kappa shape index (κ2) is 20.7. The number of hydrogen-bond acceptors (Lipinski definition) is 16. The Hall–Kier alpha value is -6.26. The summed E-state index contributed by atoms with van der Waals surface area (Å²) in [4.78, 5) is 106. The molecule has 2 aromatic carbocycles. The number of ketones is 2. The Bertz CT molecular complexity index is 2350. The Morgan fingerprint density at radius 1 is 0.955 bits per heavy atom. The maximum Gasteiger partial charge on any atom is 0.253 e. The number of carbonyl (C=O) groups excluding carboxylic acids is 8. The van der Waals surface area contributed by atoms with E-state index in [1.165, 1.54) is 51.1 Å². The molecule has 0 spiro atoms. The first-order valence-corrected chi connectivity index (χ1v) is 22.3. The fraction of sp³-hybridized carbons (Fsp3) is 0.522. The highest BCUT2D eigenvalue weighted by Gasteiger charge is 2.45. The lowest BCUT2D eigenvalue weighted by molar-refractivity contribution is -0.255. The summed E-state index contributed by atoms with van der Waals surface area (Å²) in [5, 5.41) is 35.0. The van der Waals surface area contributed by atoms with Gasteiger partial charge >= 0.3 is 0 Å². The van der Waals surface area contributed by atoms with Crippen molar-refractivity contribution in [2.24, 2.45) is 5.92 Å². The maximum absolute atomic E-state index is 14.1. The van der Waals surface area contributed by atoms with Gasteiger partial charge in [0.25, 0.3) is 11.8 Å². The van der Waals surface area contributed by atoms with Crippen LogP contribution in [0.5, 0.6) is 17.2 Å². The normalized spacial score (nSPS) is 24.2. The molecule has 2 aromatic rings. The Morgan fingerprint density at radius 2 is 1.69 bits per heavy atom. The van der Waals surface area contributed by atoms with Crippen LogP contribution in [0.25, 0.3) is 0 Å². The van der Waals surface area contributed by atoms with Gasteiger partial charge < -0.3 is 54.7 Å². The number of rotatable bonds is 16. The number of fused-ring (bicyclic) bond motifs is 3. The van der Waals surface area contributed by atoms with Gasteiger partial charge in [0.2, 0.25) is 29.4 Å². The summed E-state index contributed by atoms with van der Waals surface area (Å²) < 4.78 is 29.9. The number of morpholine rings is 1. The van der Waals surface area contributed by atoms with Crippen molar-refractivity contribution in [2.75, 3.05) is 53.6 Å². The minimum absolute atomic E-state index is 0.0156. The molecule has 2 fully saturated rings. The monoisotopic (exact) mass is 932 g/mol. The van der Waals surface area contributed by atoms with Gasteiger partial charge in [-0.05, 0) is 46.1 Å². The molecule has 21 heteroatoms. The quantitative estimate of drug-likeness (QED) is 0.0830. The number of likely N-dealkylation sites (N-methyl/N-ethyl adjacent to an activating group) is 1. The van der Waals surface area contributed by atoms with E-state index in [-0.39, 0.29) is 79.2 Å². The molecule has 0 saturated carbocycles. The minimum atomic E-state index is -1.10. The van der Waals surface area contributed by atoms with Crippen LogP contribution in [-0.4, -0.2) is 157 Å². The summed E-state index contributed by atoms with van der Waals surface area (Å²) in [6, 6.07) is 2.40. The summed E-state index contributed by atoms with van der Waals surface area (Å²) in [7, 11) is 2.83. The molecule has 6 N–H and O–H groups in total. The van der Waals surface area contributed by atoms with Gasteiger partial charge in [0, 0.05) is 80.8 Å². The molecule has 0 bridgehead atoms. The molecule has 360 valence electrons. The van der Waals surface area contributed by atoms with Crippen LogP contribution in [0.15, 0.2) is 30.4 Å². The summed E-state index contributed by atoms with van der Waals surface area (Å²) in [5.41, 5.74) is -0.754. The number of phenols is 2.